The van der Waals surface area contributed by atoms with E-state index in [1.807, 2.05) is 0 Å². The van der Waals surface area contributed by atoms with Crippen LogP contribution in [0.5, 0.6) is 11.5 Å². The molecule has 0 aliphatic heterocycles. The number of hydrogen-bond acceptors (Lipinski definition) is 6. The molecule has 0 saturated heterocycles. The molecule has 0 saturated carbocycles. The van der Waals surface area contributed by atoms with Crippen molar-refractivity contribution in [3.05, 3.63) is 23.8 Å². The molecule has 0 unspecified atom stereocenters. The van der Waals surface area contributed by atoms with Crippen LogP contribution in [0.2, 0.25) is 0 Å². The van der Waals surface area contributed by atoms with Crippen LogP contribution in [-0.4, -0.2) is 50.2 Å². The molecule has 1 rings (SSSR count). The van der Waals surface area contributed by atoms with Crippen molar-refractivity contribution >= 4 is 17.8 Å². The zero-order valence-corrected chi connectivity index (χ0v) is 15.8. The number of ketones is 1. The van der Waals surface area contributed by atoms with E-state index >= 15 is 0 Å². The summed E-state index contributed by atoms with van der Waals surface area (Å²) in [7, 11) is 1.45. The highest BCUT2D eigenvalue weighted by atomic mass is 16.6. The fourth-order valence-electron chi connectivity index (χ4n) is 1.88. The summed E-state index contributed by atoms with van der Waals surface area (Å²) in [6.07, 6.45) is -0.543. The van der Waals surface area contributed by atoms with Crippen LogP contribution in [0, 0.1) is 0 Å². The van der Waals surface area contributed by atoms with Gasteiger partial charge in [0, 0.05) is 18.7 Å². The van der Waals surface area contributed by atoms with Gasteiger partial charge in [-0.2, -0.15) is 0 Å². The first-order valence-corrected chi connectivity index (χ1v) is 8.17. The minimum Gasteiger partial charge on any atom is -0.493 e. The SMILES string of the molecule is COc1cc(C(C)=O)ccc1OCC(=O)NCCNC(=O)OC(C)(C)C. The van der Waals surface area contributed by atoms with Gasteiger partial charge in [-0.05, 0) is 45.9 Å². The number of methoxy groups -OCH3 is 1. The Morgan fingerprint density at radius 2 is 1.69 bits per heavy atom. The van der Waals surface area contributed by atoms with Crippen LogP contribution in [0.15, 0.2) is 18.2 Å². The summed E-state index contributed by atoms with van der Waals surface area (Å²) in [5.74, 6) is 0.287. The van der Waals surface area contributed by atoms with Gasteiger partial charge in [-0.25, -0.2) is 4.79 Å². The second-order valence-electron chi connectivity index (χ2n) is 6.49. The molecule has 1 aromatic carbocycles. The average molecular weight is 366 g/mol. The number of ether oxygens (including phenoxy) is 3. The molecule has 1 aromatic rings. The lowest BCUT2D eigenvalue weighted by Crippen LogP contribution is -2.39. The maximum Gasteiger partial charge on any atom is 0.407 e. The molecule has 0 heterocycles. The molecule has 0 atom stereocenters. The first-order valence-electron chi connectivity index (χ1n) is 8.17. The smallest absolute Gasteiger partial charge is 0.407 e. The van der Waals surface area contributed by atoms with Gasteiger partial charge in [-0.1, -0.05) is 0 Å². The monoisotopic (exact) mass is 366 g/mol. The second kappa shape index (κ2) is 9.65. The molecule has 144 valence electrons. The summed E-state index contributed by atoms with van der Waals surface area (Å²) in [4.78, 5) is 34.6. The summed E-state index contributed by atoms with van der Waals surface area (Å²) in [5, 5.41) is 5.14. The van der Waals surface area contributed by atoms with Crippen LogP contribution in [0.3, 0.4) is 0 Å². The molecule has 2 N–H and O–H groups in total. The highest BCUT2D eigenvalue weighted by molar-refractivity contribution is 5.94. The van der Waals surface area contributed by atoms with Crippen LogP contribution >= 0.6 is 0 Å². The summed E-state index contributed by atoms with van der Waals surface area (Å²) < 4.78 is 15.6. The van der Waals surface area contributed by atoms with Crippen molar-refractivity contribution in [2.45, 2.75) is 33.3 Å². The van der Waals surface area contributed by atoms with Gasteiger partial charge in [-0.3, -0.25) is 9.59 Å². The predicted octanol–water partition coefficient (Wildman–Crippen LogP) is 1.92. The lowest BCUT2D eigenvalue weighted by atomic mass is 10.1. The lowest BCUT2D eigenvalue weighted by molar-refractivity contribution is -0.123. The van der Waals surface area contributed by atoms with Crippen LogP contribution in [-0.2, 0) is 9.53 Å². The number of nitrogens with one attached hydrogen (secondary N) is 2. The largest absolute Gasteiger partial charge is 0.493 e. The second-order valence-corrected chi connectivity index (χ2v) is 6.49. The average Bonchev–Trinajstić information content (AvgIpc) is 2.55. The molecule has 0 bridgehead atoms. The van der Waals surface area contributed by atoms with Gasteiger partial charge < -0.3 is 24.8 Å². The molecule has 0 spiro atoms. The van der Waals surface area contributed by atoms with Gasteiger partial charge in [0.25, 0.3) is 5.91 Å². The number of carbonyl (C=O) groups excluding carboxylic acids is 3. The number of Topliss-reactive ketones (excluding diaryl/α,β-unsaturated/α-hetero) is 1. The Kier molecular flexibility index (Phi) is 7.89. The van der Waals surface area contributed by atoms with Crippen LogP contribution in [0.25, 0.3) is 0 Å². The zero-order valence-electron chi connectivity index (χ0n) is 15.8. The van der Waals surface area contributed by atoms with E-state index in [1.165, 1.54) is 14.0 Å². The Labute approximate surface area is 153 Å². The van der Waals surface area contributed by atoms with E-state index in [-0.39, 0.29) is 31.4 Å². The highest BCUT2D eigenvalue weighted by Gasteiger charge is 2.15. The predicted molar refractivity (Wildman–Crippen MR) is 95.7 cm³/mol. The Balaban J connectivity index is 2.36. The van der Waals surface area contributed by atoms with Crippen molar-refractivity contribution in [3.63, 3.8) is 0 Å². The van der Waals surface area contributed by atoms with E-state index < -0.39 is 11.7 Å². The molecule has 8 nitrogen and oxygen atoms in total. The summed E-state index contributed by atoms with van der Waals surface area (Å²) >= 11 is 0. The van der Waals surface area contributed by atoms with Crippen LogP contribution < -0.4 is 20.1 Å². The molecule has 0 fully saturated rings. The maximum atomic E-state index is 11.8. The van der Waals surface area contributed by atoms with E-state index in [9.17, 15) is 14.4 Å². The van der Waals surface area contributed by atoms with Crippen LogP contribution in [0.1, 0.15) is 38.1 Å². The minimum atomic E-state index is -0.571. The fourth-order valence-corrected chi connectivity index (χ4v) is 1.88. The van der Waals surface area contributed by atoms with Crippen molar-refractivity contribution in [1.82, 2.24) is 10.6 Å². The molecule has 0 aliphatic rings. The summed E-state index contributed by atoms with van der Waals surface area (Å²) in [5.41, 5.74) is -0.0788. The number of rotatable bonds is 8. The minimum absolute atomic E-state index is 0.0925. The Morgan fingerprint density at radius 3 is 2.27 bits per heavy atom. The van der Waals surface area contributed by atoms with Gasteiger partial charge in [0.05, 0.1) is 7.11 Å². The Hall–Kier alpha value is -2.77. The number of amides is 2. The van der Waals surface area contributed by atoms with Crippen molar-refractivity contribution in [2.24, 2.45) is 0 Å². The van der Waals surface area contributed by atoms with E-state index in [0.29, 0.717) is 17.1 Å². The quantitative estimate of drug-likeness (QED) is 0.538. The van der Waals surface area contributed by atoms with Gasteiger partial charge >= 0.3 is 6.09 Å². The van der Waals surface area contributed by atoms with Gasteiger partial charge in [0.15, 0.2) is 23.9 Å². The molecule has 0 aromatic heterocycles. The normalized spacial score (nSPS) is 10.7. The molecule has 8 heteroatoms. The molecular weight excluding hydrogens is 340 g/mol. The number of carbonyl (C=O) groups is 3. The standard InChI is InChI=1S/C18H26N2O6/c1-12(21)13-6-7-14(15(10-13)24-5)25-11-16(22)19-8-9-20-17(23)26-18(2,3)4/h6-7,10H,8-9,11H2,1-5H3,(H,19,22)(H,20,23). The van der Waals surface area contributed by atoms with Gasteiger partial charge in [0.1, 0.15) is 5.60 Å². The first kappa shape index (κ1) is 21.3. The van der Waals surface area contributed by atoms with E-state index in [0.717, 1.165) is 0 Å². The van der Waals surface area contributed by atoms with E-state index in [4.69, 9.17) is 14.2 Å². The summed E-state index contributed by atoms with van der Waals surface area (Å²) in [6, 6.07) is 4.73. The molecule has 0 aliphatic carbocycles. The number of alkyl carbamates (subject to hydrolysis) is 1. The third-order valence-electron chi connectivity index (χ3n) is 3.04. The topological polar surface area (TPSA) is 103 Å². The summed E-state index contributed by atoms with van der Waals surface area (Å²) in [6.45, 7) is 7.00. The zero-order chi connectivity index (χ0) is 19.7. The first-order chi connectivity index (χ1) is 12.1. The van der Waals surface area contributed by atoms with Crippen molar-refractivity contribution in [2.75, 3.05) is 26.8 Å². The number of benzene rings is 1. The number of hydrogen-bond donors (Lipinski definition) is 2. The van der Waals surface area contributed by atoms with Gasteiger partial charge in [-0.15, -0.1) is 0 Å². The van der Waals surface area contributed by atoms with E-state index in [2.05, 4.69) is 10.6 Å². The third kappa shape index (κ3) is 7.87. The Bertz CT molecular complexity index is 652. The fraction of sp³-hybridized carbons (Fsp3) is 0.500. The van der Waals surface area contributed by atoms with Crippen LogP contribution in [0.4, 0.5) is 4.79 Å². The van der Waals surface area contributed by atoms with Crippen molar-refractivity contribution in [1.29, 1.82) is 0 Å². The highest BCUT2D eigenvalue weighted by Crippen LogP contribution is 2.28. The van der Waals surface area contributed by atoms with Crippen molar-refractivity contribution in [3.8, 4) is 11.5 Å². The third-order valence-corrected chi connectivity index (χ3v) is 3.04. The van der Waals surface area contributed by atoms with E-state index in [1.54, 1.807) is 39.0 Å². The Morgan fingerprint density at radius 1 is 1.04 bits per heavy atom. The molecule has 0 radical (unpaired) electrons. The molecular formula is C18H26N2O6. The lowest BCUT2D eigenvalue weighted by Gasteiger charge is -2.19. The van der Waals surface area contributed by atoms with Crippen molar-refractivity contribution < 1.29 is 28.6 Å². The maximum absolute atomic E-state index is 11.8. The van der Waals surface area contributed by atoms with Gasteiger partial charge in [0.2, 0.25) is 0 Å². The molecule has 26 heavy (non-hydrogen) atoms. The molecule has 2 amide bonds.